The Balaban J connectivity index is 1.43. The molecule has 0 aromatic heterocycles. The Morgan fingerprint density at radius 1 is 0.806 bits per heavy atom. The average molecular weight is 493 g/mol. The lowest BCUT2D eigenvalue weighted by Gasteiger charge is -2.27. The van der Waals surface area contributed by atoms with Crippen LogP contribution < -0.4 is 9.47 Å². The van der Waals surface area contributed by atoms with Crippen molar-refractivity contribution in [1.29, 1.82) is 0 Å². The number of unbranched alkanes of at least 4 members (excludes halogenated alkanes) is 3. The quantitative estimate of drug-likeness (QED) is 0.150. The summed E-state index contributed by atoms with van der Waals surface area (Å²) in [6.07, 6.45) is 14.6. The molecule has 0 spiro atoms. The van der Waals surface area contributed by atoms with Crippen molar-refractivity contribution < 1.29 is 14.3 Å². The topological polar surface area (TPSA) is 35.5 Å². The summed E-state index contributed by atoms with van der Waals surface area (Å²) in [5.41, 5.74) is 2.24. The van der Waals surface area contributed by atoms with Crippen molar-refractivity contribution in [1.82, 2.24) is 0 Å². The molecule has 1 aliphatic carbocycles. The van der Waals surface area contributed by atoms with Gasteiger partial charge >= 0.3 is 5.97 Å². The predicted molar refractivity (Wildman–Crippen MR) is 150 cm³/mol. The molecule has 3 nitrogen and oxygen atoms in total. The Morgan fingerprint density at radius 3 is 2.00 bits per heavy atom. The highest BCUT2D eigenvalue weighted by Crippen LogP contribution is 2.34. The molecule has 3 rings (SSSR count). The number of benzene rings is 2. The summed E-state index contributed by atoms with van der Waals surface area (Å²) in [6.45, 7) is 9.01. The van der Waals surface area contributed by atoms with Crippen molar-refractivity contribution in [3.05, 3.63) is 48.5 Å². The van der Waals surface area contributed by atoms with Crippen LogP contribution in [0.4, 0.5) is 0 Å². The SMILES string of the molecule is CCCCCC[C@@H](C)Oc1ccc(-c2ccc(OC(=O)C3CCC(CC[C@@H](C)CC)CC3)cc2)cc1. The fourth-order valence-corrected chi connectivity index (χ4v) is 5.20. The molecule has 3 heteroatoms. The first kappa shape index (κ1) is 28.3. The molecular weight excluding hydrogens is 444 g/mol. The first-order chi connectivity index (χ1) is 17.5. The minimum atomic E-state index is -0.0616. The van der Waals surface area contributed by atoms with E-state index >= 15 is 0 Å². The third-order valence-electron chi connectivity index (χ3n) is 8.01. The van der Waals surface area contributed by atoms with Gasteiger partial charge in [0, 0.05) is 0 Å². The number of carbonyl (C=O) groups is 1. The van der Waals surface area contributed by atoms with Crippen LogP contribution >= 0.6 is 0 Å². The van der Waals surface area contributed by atoms with E-state index in [0.717, 1.165) is 60.8 Å². The summed E-state index contributed by atoms with van der Waals surface area (Å²) in [5.74, 6) is 3.14. The second-order valence-corrected chi connectivity index (χ2v) is 11.1. The van der Waals surface area contributed by atoms with Crippen molar-refractivity contribution in [3.63, 3.8) is 0 Å². The Morgan fingerprint density at radius 2 is 1.42 bits per heavy atom. The molecule has 1 saturated carbocycles. The van der Waals surface area contributed by atoms with E-state index in [4.69, 9.17) is 9.47 Å². The van der Waals surface area contributed by atoms with E-state index in [-0.39, 0.29) is 18.0 Å². The average Bonchev–Trinajstić information content (AvgIpc) is 2.91. The number of ether oxygens (including phenoxy) is 2. The summed E-state index contributed by atoms with van der Waals surface area (Å²) < 4.78 is 11.8. The fraction of sp³-hybridized carbons (Fsp3) is 0.606. The molecule has 198 valence electrons. The molecular formula is C33H48O3. The zero-order valence-corrected chi connectivity index (χ0v) is 23.1. The van der Waals surface area contributed by atoms with Gasteiger partial charge in [-0.05, 0) is 92.7 Å². The van der Waals surface area contributed by atoms with Crippen LogP contribution in [0.15, 0.2) is 48.5 Å². The van der Waals surface area contributed by atoms with E-state index in [1.165, 1.54) is 44.9 Å². The maximum Gasteiger partial charge on any atom is 0.314 e. The van der Waals surface area contributed by atoms with Gasteiger partial charge in [0.25, 0.3) is 0 Å². The number of rotatable bonds is 14. The minimum absolute atomic E-state index is 0.0473. The molecule has 0 heterocycles. The Hall–Kier alpha value is -2.29. The van der Waals surface area contributed by atoms with E-state index in [1.807, 2.05) is 36.4 Å². The Kier molecular flexibility index (Phi) is 11.8. The zero-order chi connectivity index (χ0) is 25.8. The first-order valence-corrected chi connectivity index (χ1v) is 14.6. The van der Waals surface area contributed by atoms with Gasteiger partial charge < -0.3 is 9.47 Å². The fourth-order valence-electron chi connectivity index (χ4n) is 5.20. The van der Waals surface area contributed by atoms with Crippen LogP contribution in [0, 0.1) is 17.8 Å². The summed E-state index contributed by atoms with van der Waals surface area (Å²) in [4.78, 5) is 12.7. The van der Waals surface area contributed by atoms with Gasteiger partial charge in [0.15, 0.2) is 0 Å². The van der Waals surface area contributed by atoms with E-state index in [9.17, 15) is 4.79 Å². The van der Waals surface area contributed by atoms with Crippen molar-refractivity contribution in [2.24, 2.45) is 17.8 Å². The molecule has 0 saturated heterocycles. The summed E-state index contributed by atoms with van der Waals surface area (Å²) >= 11 is 0. The molecule has 1 fully saturated rings. The number of esters is 1. The first-order valence-electron chi connectivity index (χ1n) is 14.6. The van der Waals surface area contributed by atoms with Crippen LogP contribution in [-0.4, -0.2) is 12.1 Å². The Bertz CT molecular complexity index is 878. The van der Waals surface area contributed by atoms with Crippen LogP contribution in [0.2, 0.25) is 0 Å². The van der Waals surface area contributed by atoms with E-state index in [1.54, 1.807) is 0 Å². The lowest BCUT2D eigenvalue weighted by molar-refractivity contribution is -0.140. The van der Waals surface area contributed by atoms with Crippen LogP contribution in [0.5, 0.6) is 11.5 Å². The maximum atomic E-state index is 12.7. The summed E-state index contributed by atoms with van der Waals surface area (Å²) in [5, 5.41) is 0. The van der Waals surface area contributed by atoms with Gasteiger partial charge in [-0.1, -0.05) is 83.6 Å². The second-order valence-electron chi connectivity index (χ2n) is 11.1. The monoisotopic (exact) mass is 492 g/mol. The van der Waals surface area contributed by atoms with Crippen molar-refractivity contribution >= 4 is 5.97 Å². The molecule has 0 radical (unpaired) electrons. The standard InChI is InChI=1S/C33H48O3/c1-5-7-8-9-10-26(4)35-31-21-17-28(18-22-31)29-19-23-32(24-20-29)36-33(34)30-15-13-27(14-16-30)12-11-25(3)6-2/h17-27,30H,5-16H2,1-4H3/t25-,26+,27?,30?/m0/s1. The molecule has 0 unspecified atom stereocenters. The van der Waals surface area contributed by atoms with Gasteiger partial charge in [-0.25, -0.2) is 0 Å². The second kappa shape index (κ2) is 15.1. The summed E-state index contributed by atoms with van der Waals surface area (Å²) in [7, 11) is 0. The summed E-state index contributed by atoms with van der Waals surface area (Å²) in [6, 6.07) is 16.2. The molecule has 2 aromatic rings. The van der Waals surface area contributed by atoms with Gasteiger partial charge in [0.05, 0.1) is 12.0 Å². The highest BCUT2D eigenvalue weighted by Gasteiger charge is 2.27. The maximum absolute atomic E-state index is 12.7. The van der Waals surface area contributed by atoms with Crippen molar-refractivity contribution in [2.45, 2.75) is 111 Å². The molecule has 0 aliphatic heterocycles. The van der Waals surface area contributed by atoms with Crippen LogP contribution in [0.1, 0.15) is 105 Å². The number of carbonyl (C=O) groups excluding carboxylic acids is 1. The largest absolute Gasteiger partial charge is 0.491 e. The number of hydrogen-bond acceptors (Lipinski definition) is 3. The minimum Gasteiger partial charge on any atom is -0.491 e. The van der Waals surface area contributed by atoms with Gasteiger partial charge in [0.2, 0.25) is 0 Å². The van der Waals surface area contributed by atoms with Crippen molar-refractivity contribution in [3.8, 4) is 22.6 Å². The Labute approximate surface area is 220 Å². The van der Waals surface area contributed by atoms with Gasteiger partial charge in [-0.2, -0.15) is 0 Å². The number of hydrogen-bond donors (Lipinski definition) is 0. The predicted octanol–water partition coefficient (Wildman–Crippen LogP) is 9.63. The van der Waals surface area contributed by atoms with E-state index in [0.29, 0.717) is 5.75 Å². The lowest BCUT2D eigenvalue weighted by Crippen LogP contribution is -2.25. The zero-order valence-electron chi connectivity index (χ0n) is 23.1. The van der Waals surface area contributed by atoms with Crippen molar-refractivity contribution in [2.75, 3.05) is 0 Å². The van der Waals surface area contributed by atoms with Gasteiger partial charge in [0.1, 0.15) is 11.5 Å². The van der Waals surface area contributed by atoms with E-state index in [2.05, 4.69) is 39.8 Å². The van der Waals surface area contributed by atoms with E-state index < -0.39 is 0 Å². The van der Waals surface area contributed by atoms with Crippen LogP contribution in [0.3, 0.4) is 0 Å². The molecule has 1 aliphatic rings. The van der Waals surface area contributed by atoms with Gasteiger partial charge in [-0.15, -0.1) is 0 Å². The third kappa shape index (κ3) is 9.30. The van der Waals surface area contributed by atoms with Gasteiger partial charge in [-0.3, -0.25) is 4.79 Å². The molecule has 0 amide bonds. The normalized spacial score (nSPS) is 19.4. The highest BCUT2D eigenvalue weighted by atomic mass is 16.5. The molecule has 36 heavy (non-hydrogen) atoms. The molecule has 2 atom stereocenters. The molecule has 2 aromatic carbocycles. The van der Waals surface area contributed by atoms with Crippen LogP contribution in [-0.2, 0) is 4.79 Å². The smallest absolute Gasteiger partial charge is 0.314 e. The third-order valence-corrected chi connectivity index (χ3v) is 8.01. The van der Waals surface area contributed by atoms with Crippen LogP contribution in [0.25, 0.3) is 11.1 Å². The lowest BCUT2D eigenvalue weighted by atomic mass is 9.79. The molecule has 0 bridgehead atoms. The molecule has 0 N–H and O–H groups in total. The highest BCUT2D eigenvalue weighted by molar-refractivity contribution is 5.75.